The Kier molecular flexibility index (Phi) is 10.1. The molecule has 0 spiro atoms. The molecule has 0 radical (unpaired) electrons. The van der Waals surface area contributed by atoms with Crippen molar-refractivity contribution in [3.05, 3.63) is 60.2 Å². The maximum atomic E-state index is 12.4. The number of nitrogens with zero attached hydrogens (tertiary/aromatic N) is 2. The highest BCUT2D eigenvalue weighted by Gasteiger charge is 2.41. The van der Waals surface area contributed by atoms with Gasteiger partial charge in [-0.25, -0.2) is 4.31 Å². The molecule has 0 saturated heterocycles. The average Bonchev–Trinajstić information content (AvgIpc) is 3.12. The second-order valence-corrected chi connectivity index (χ2v) is 10.5. The summed E-state index contributed by atoms with van der Waals surface area (Å²) >= 11 is 0. The second kappa shape index (κ2) is 13.0. The van der Waals surface area contributed by atoms with Gasteiger partial charge in [0.2, 0.25) is 0 Å². The van der Waals surface area contributed by atoms with Crippen LogP contribution in [-0.2, 0) is 16.8 Å². The summed E-state index contributed by atoms with van der Waals surface area (Å²) in [6, 6.07) is 17.5. The first-order valence-corrected chi connectivity index (χ1v) is 14.1. The van der Waals surface area contributed by atoms with Crippen molar-refractivity contribution in [2.45, 2.75) is 96.7 Å². The number of anilines is 2. The quantitative estimate of drug-likeness (QED) is 0.217. The van der Waals surface area contributed by atoms with Gasteiger partial charge in [0.15, 0.2) is 0 Å². The molecule has 0 aromatic heterocycles. The Labute approximate surface area is 200 Å². The molecule has 1 aliphatic rings. The van der Waals surface area contributed by atoms with E-state index in [4.69, 9.17) is 0 Å². The molecule has 0 saturated carbocycles. The third kappa shape index (κ3) is 7.47. The number of para-hydroxylation sites is 2. The van der Waals surface area contributed by atoms with E-state index in [0.29, 0.717) is 18.7 Å². The lowest BCUT2D eigenvalue weighted by molar-refractivity contribution is 0.456. The van der Waals surface area contributed by atoms with E-state index in [-0.39, 0.29) is 0 Å². The standard InChI is InChI=1S/C27H40N2O3S/c1-2-3-4-5-6-7-8-9-10-11-15-22-27-28(23-24-18-13-12-14-19-24)25-20-16-17-21-26(25)29(27)33(30,31)32/h12-14,16-21,27H,2-11,15,22-23H2,1H3,(H,30,31,32). The van der Waals surface area contributed by atoms with Gasteiger partial charge in [0.1, 0.15) is 6.17 Å². The third-order valence-corrected chi connectivity index (χ3v) is 7.51. The first-order valence-electron chi connectivity index (χ1n) is 12.7. The number of rotatable bonds is 15. The number of hydrogen-bond donors (Lipinski definition) is 1. The van der Waals surface area contributed by atoms with Crippen LogP contribution >= 0.6 is 0 Å². The molecule has 0 aliphatic carbocycles. The van der Waals surface area contributed by atoms with Gasteiger partial charge >= 0.3 is 10.3 Å². The molecular weight excluding hydrogens is 432 g/mol. The molecule has 33 heavy (non-hydrogen) atoms. The Morgan fingerprint density at radius 3 is 1.82 bits per heavy atom. The minimum absolute atomic E-state index is 0.406. The van der Waals surface area contributed by atoms with Crippen LogP contribution in [0, 0.1) is 0 Å². The fourth-order valence-electron chi connectivity index (χ4n) is 4.85. The summed E-state index contributed by atoms with van der Waals surface area (Å²) in [6.07, 6.45) is 14.1. The van der Waals surface area contributed by atoms with E-state index in [1.54, 1.807) is 6.07 Å². The molecule has 1 heterocycles. The molecule has 182 valence electrons. The minimum atomic E-state index is -4.36. The topological polar surface area (TPSA) is 60.9 Å². The van der Waals surface area contributed by atoms with Gasteiger partial charge in [-0.15, -0.1) is 0 Å². The van der Waals surface area contributed by atoms with E-state index in [0.717, 1.165) is 24.1 Å². The zero-order chi connectivity index (χ0) is 23.5. The van der Waals surface area contributed by atoms with Crippen molar-refractivity contribution in [2.75, 3.05) is 9.21 Å². The van der Waals surface area contributed by atoms with Crippen LogP contribution in [-0.4, -0.2) is 19.1 Å². The SMILES string of the molecule is CCCCCCCCCCCCCC1N(Cc2ccccc2)c2ccccc2N1S(=O)(=O)O. The fourth-order valence-corrected chi connectivity index (χ4v) is 5.78. The predicted octanol–water partition coefficient (Wildman–Crippen LogP) is 7.34. The van der Waals surface area contributed by atoms with Crippen molar-refractivity contribution >= 4 is 21.7 Å². The Hall–Kier alpha value is -2.05. The van der Waals surface area contributed by atoms with Crippen LogP contribution in [0.15, 0.2) is 54.6 Å². The van der Waals surface area contributed by atoms with Gasteiger partial charge in [0.25, 0.3) is 0 Å². The molecule has 0 amide bonds. The smallest absolute Gasteiger partial charge is 0.344 e. The molecule has 1 N–H and O–H groups in total. The molecular formula is C27H40N2O3S. The zero-order valence-corrected chi connectivity index (χ0v) is 20.8. The van der Waals surface area contributed by atoms with Gasteiger partial charge in [0, 0.05) is 6.54 Å². The summed E-state index contributed by atoms with van der Waals surface area (Å²) in [7, 11) is -4.36. The molecule has 3 rings (SSSR count). The summed E-state index contributed by atoms with van der Waals surface area (Å²) in [4.78, 5) is 2.12. The minimum Gasteiger partial charge on any atom is -0.344 e. The molecule has 1 unspecified atom stereocenters. The van der Waals surface area contributed by atoms with Crippen molar-refractivity contribution < 1.29 is 13.0 Å². The van der Waals surface area contributed by atoms with Gasteiger partial charge in [-0.05, 0) is 30.5 Å². The van der Waals surface area contributed by atoms with E-state index >= 15 is 0 Å². The third-order valence-electron chi connectivity index (χ3n) is 6.57. The van der Waals surface area contributed by atoms with Crippen LogP contribution in [0.5, 0.6) is 0 Å². The summed E-state index contributed by atoms with van der Waals surface area (Å²) in [5, 5.41) is 0. The number of benzene rings is 2. The molecule has 1 atom stereocenters. The zero-order valence-electron chi connectivity index (χ0n) is 20.0. The molecule has 0 bridgehead atoms. The predicted molar refractivity (Wildman–Crippen MR) is 138 cm³/mol. The summed E-state index contributed by atoms with van der Waals surface area (Å²) in [6.45, 7) is 2.85. The Bertz CT molecular complexity index is 933. The Morgan fingerprint density at radius 1 is 0.727 bits per heavy atom. The van der Waals surface area contributed by atoms with E-state index in [1.165, 1.54) is 62.1 Å². The van der Waals surface area contributed by atoms with Crippen molar-refractivity contribution in [3.8, 4) is 0 Å². The van der Waals surface area contributed by atoms with E-state index < -0.39 is 16.5 Å². The molecule has 2 aromatic carbocycles. The highest BCUT2D eigenvalue weighted by atomic mass is 32.2. The van der Waals surface area contributed by atoms with E-state index in [2.05, 4.69) is 24.0 Å². The van der Waals surface area contributed by atoms with Crippen LogP contribution in [0.3, 0.4) is 0 Å². The first kappa shape index (κ1) is 25.6. The lowest BCUT2D eigenvalue weighted by atomic mass is 10.0. The summed E-state index contributed by atoms with van der Waals surface area (Å²) < 4.78 is 36.0. The second-order valence-electron chi connectivity index (χ2n) is 9.18. The first-order chi connectivity index (χ1) is 16.0. The maximum Gasteiger partial charge on any atom is 0.361 e. The lowest BCUT2D eigenvalue weighted by Gasteiger charge is -2.31. The molecule has 6 heteroatoms. The van der Waals surface area contributed by atoms with Gasteiger partial charge in [-0.3, -0.25) is 4.55 Å². The maximum absolute atomic E-state index is 12.4. The van der Waals surface area contributed by atoms with E-state index in [9.17, 15) is 13.0 Å². The highest BCUT2D eigenvalue weighted by Crippen LogP contribution is 2.43. The van der Waals surface area contributed by atoms with Gasteiger partial charge in [0.05, 0.1) is 11.4 Å². The largest absolute Gasteiger partial charge is 0.361 e. The number of hydrogen-bond acceptors (Lipinski definition) is 3. The van der Waals surface area contributed by atoms with Crippen LogP contribution in [0.4, 0.5) is 11.4 Å². The van der Waals surface area contributed by atoms with Crippen LogP contribution < -0.4 is 9.21 Å². The summed E-state index contributed by atoms with van der Waals surface area (Å²) in [5.41, 5.74) is 2.53. The van der Waals surface area contributed by atoms with Crippen LogP contribution in [0.1, 0.15) is 89.5 Å². The Balaban J connectivity index is 1.56. The molecule has 2 aromatic rings. The monoisotopic (exact) mass is 472 g/mol. The lowest BCUT2D eigenvalue weighted by Crippen LogP contribution is -2.45. The van der Waals surface area contributed by atoms with Crippen LogP contribution in [0.2, 0.25) is 0 Å². The number of fused-ring (bicyclic) bond motifs is 1. The van der Waals surface area contributed by atoms with Crippen molar-refractivity contribution in [1.82, 2.24) is 0 Å². The molecule has 5 nitrogen and oxygen atoms in total. The van der Waals surface area contributed by atoms with Crippen molar-refractivity contribution in [1.29, 1.82) is 0 Å². The average molecular weight is 473 g/mol. The number of unbranched alkanes of at least 4 members (excludes halogenated alkanes) is 10. The van der Waals surface area contributed by atoms with Gasteiger partial charge < -0.3 is 4.90 Å². The van der Waals surface area contributed by atoms with Crippen molar-refractivity contribution in [2.24, 2.45) is 0 Å². The highest BCUT2D eigenvalue weighted by molar-refractivity contribution is 7.87. The Morgan fingerprint density at radius 2 is 1.24 bits per heavy atom. The molecule has 1 aliphatic heterocycles. The summed E-state index contributed by atoms with van der Waals surface area (Å²) in [5.74, 6) is 0. The van der Waals surface area contributed by atoms with E-state index in [1.807, 2.05) is 36.4 Å². The van der Waals surface area contributed by atoms with Gasteiger partial charge in [-0.1, -0.05) is 114 Å². The van der Waals surface area contributed by atoms with Gasteiger partial charge in [-0.2, -0.15) is 8.42 Å². The molecule has 0 fully saturated rings. The van der Waals surface area contributed by atoms with Crippen molar-refractivity contribution in [3.63, 3.8) is 0 Å². The van der Waals surface area contributed by atoms with Crippen LogP contribution in [0.25, 0.3) is 0 Å². The fraction of sp³-hybridized carbons (Fsp3) is 0.556. The normalized spacial score (nSPS) is 15.8.